The SMILES string of the molecule is CCCCN(CCCN)C(=O)Cc1cccc2ccccc12. The number of unbranched alkanes of at least 4 members (excludes halogenated alkanes) is 1. The van der Waals surface area contributed by atoms with E-state index in [1.807, 2.05) is 23.1 Å². The number of hydrogen-bond donors (Lipinski definition) is 1. The molecule has 0 aliphatic heterocycles. The molecule has 3 nitrogen and oxygen atoms in total. The van der Waals surface area contributed by atoms with Gasteiger partial charge in [0, 0.05) is 13.1 Å². The Kier molecular flexibility index (Phi) is 6.41. The molecule has 2 aromatic rings. The van der Waals surface area contributed by atoms with Gasteiger partial charge in [0.2, 0.25) is 5.91 Å². The van der Waals surface area contributed by atoms with E-state index in [1.54, 1.807) is 0 Å². The van der Waals surface area contributed by atoms with Gasteiger partial charge in [0.25, 0.3) is 0 Å². The highest BCUT2D eigenvalue weighted by Gasteiger charge is 2.14. The lowest BCUT2D eigenvalue weighted by Crippen LogP contribution is -2.35. The summed E-state index contributed by atoms with van der Waals surface area (Å²) in [5.74, 6) is 0.207. The van der Waals surface area contributed by atoms with Crippen LogP contribution >= 0.6 is 0 Å². The van der Waals surface area contributed by atoms with Crippen LogP contribution in [0.5, 0.6) is 0 Å². The van der Waals surface area contributed by atoms with Crippen LogP contribution in [0.25, 0.3) is 10.8 Å². The fraction of sp³-hybridized carbons (Fsp3) is 0.421. The average molecular weight is 298 g/mol. The number of benzene rings is 2. The van der Waals surface area contributed by atoms with Crippen molar-refractivity contribution in [2.75, 3.05) is 19.6 Å². The summed E-state index contributed by atoms with van der Waals surface area (Å²) in [6, 6.07) is 14.4. The number of carbonyl (C=O) groups is 1. The number of nitrogens with two attached hydrogens (primary N) is 1. The minimum Gasteiger partial charge on any atom is -0.342 e. The smallest absolute Gasteiger partial charge is 0.227 e. The number of fused-ring (bicyclic) bond motifs is 1. The molecule has 0 bridgehead atoms. The van der Waals surface area contributed by atoms with Gasteiger partial charge in [-0.3, -0.25) is 4.79 Å². The van der Waals surface area contributed by atoms with E-state index in [4.69, 9.17) is 5.73 Å². The van der Waals surface area contributed by atoms with Crippen molar-refractivity contribution in [2.24, 2.45) is 5.73 Å². The Morgan fingerprint density at radius 2 is 1.77 bits per heavy atom. The molecule has 1 amide bonds. The van der Waals surface area contributed by atoms with E-state index in [9.17, 15) is 4.79 Å². The van der Waals surface area contributed by atoms with Crippen LogP contribution in [0.4, 0.5) is 0 Å². The molecule has 0 spiro atoms. The summed E-state index contributed by atoms with van der Waals surface area (Å²) in [6.45, 7) is 4.38. The fourth-order valence-electron chi connectivity index (χ4n) is 2.71. The lowest BCUT2D eigenvalue weighted by atomic mass is 10.0. The second-order valence-electron chi connectivity index (χ2n) is 5.69. The maximum absolute atomic E-state index is 12.7. The monoisotopic (exact) mass is 298 g/mol. The van der Waals surface area contributed by atoms with Gasteiger partial charge in [-0.1, -0.05) is 55.8 Å². The van der Waals surface area contributed by atoms with Crippen LogP contribution in [-0.4, -0.2) is 30.4 Å². The maximum Gasteiger partial charge on any atom is 0.227 e. The molecule has 0 heterocycles. The summed E-state index contributed by atoms with van der Waals surface area (Å²) in [7, 11) is 0. The van der Waals surface area contributed by atoms with Crippen molar-refractivity contribution in [2.45, 2.75) is 32.6 Å². The van der Waals surface area contributed by atoms with E-state index in [2.05, 4.69) is 31.2 Å². The molecule has 118 valence electrons. The predicted molar refractivity (Wildman–Crippen MR) is 92.8 cm³/mol. The van der Waals surface area contributed by atoms with Gasteiger partial charge in [-0.05, 0) is 35.7 Å². The molecule has 0 aliphatic carbocycles. The Morgan fingerprint density at radius 3 is 2.55 bits per heavy atom. The Hall–Kier alpha value is -1.87. The summed E-state index contributed by atoms with van der Waals surface area (Å²) in [6.07, 6.45) is 3.48. The Labute approximate surface area is 133 Å². The van der Waals surface area contributed by atoms with Crippen LogP contribution < -0.4 is 5.73 Å². The highest BCUT2D eigenvalue weighted by atomic mass is 16.2. The lowest BCUT2D eigenvalue weighted by Gasteiger charge is -2.22. The van der Waals surface area contributed by atoms with Crippen molar-refractivity contribution in [3.05, 3.63) is 48.0 Å². The van der Waals surface area contributed by atoms with Crippen molar-refractivity contribution in [1.82, 2.24) is 4.90 Å². The standard InChI is InChI=1S/C19H26N2O/c1-2-3-13-21(14-7-12-20)19(22)15-17-10-6-9-16-8-4-5-11-18(16)17/h4-6,8-11H,2-3,7,12-15,20H2,1H3. The normalized spacial score (nSPS) is 10.8. The Morgan fingerprint density at radius 1 is 1.05 bits per heavy atom. The van der Waals surface area contributed by atoms with Gasteiger partial charge in [-0.2, -0.15) is 0 Å². The summed E-state index contributed by atoms with van der Waals surface area (Å²) >= 11 is 0. The van der Waals surface area contributed by atoms with E-state index < -0.39 is 0 Å². The van der Waals surface area contributed by atoms with Gasteiger partial charge in [-0.15, -0.1) is 0 Å². The van der Waals surface area contributed by atoms with Crippen LogP contribution in [0.15, 0.2) is 42.5 Å². The third-order valence-corrected chi connectivity index (χ3v) is 3.99. The second kappa shape index (κ2) is 8.54. The molecule has 0 saturated heterocycles. The van der Waals surface area contributed by atoms with Gasteiger partial charge < -0.3 is 10.6 Å². The third-order valence-electron chi connectivity index (χ3n) is 3.99. The number of hydrogen-bond acceptors (Lipinski definition) is 2. The first kappa shape index (κ1) is 16.5. The van der Waals surface area contributed by atoms with Gasteiger partial charge in [0.15, 0.2) is 0 Å². The maximum atomic E-state index is 12.7. The summed E-state index contributed by atoms with van der Waals surface area (Å²) < 4.78 is 0. The van der Waals surface area contributed by atoms with E-state index in [-0.39, 0.29) is 5.91 Å². The van der Waals surface area contributed by atoms with Gasteiger partial charge in [0.1, 0.15) is 0 Å². The minimum atomic E-state index is 0.207. The molecule has 2 rings (SSSR count). The van der Waals surface area contributed by atoms with Gasteiger partial charge in [-0.25, -0.2) is 0 Å². The highest BCUT2D eigenvalue weighted by Crippen LogP contribution is 2.19. The minimum absolute atomic E-state index is 0.207. The Balaban J connectivity index is 2.13. The molecule has 0 atom stereocenters. The van der Waals surface area contributed by atoms with Crippen LogP contribution in [0.1, 0.15) is 31.7 Å². The third kappa shape index (κ3) is 4.31. The van der Waals surface area contributed by atoms with Crippen molar-refractivity contribution in [1.29, 1.82) is 0 Å². The number of amides is 1. The van der Waals surface area contributed by atoms with Crippen molar-refractivity contribution >= 4 is 16.7 Å². The van der Waals surface area contributed by atoms with Crippen LogP contribution in [-0.2, 0) is 11.2 Å². The van der Waals surface area contributed by atoms with Gasteiger partial charge >= 0.3 is 0 Å². The Bertz CT molecular complexity index is 596. The van der Waals surface area contributed by atoms with Crippen molar-refractivity contribution < 1.29 is 4.79 Å². The molecule has 0 aromatic heterocycles. The first-order chi connectivity index (χ1) is 10.8. The second-order valence-corrected chi connectivity index (χ2v) is 5.69. The molecule has 2 N–H and O–H groups in total. The molecule has 3 heteroatoms. The molecular formula is C19H26N2O. The molecule has 0 fully saturated rings. The molecule has 0 saturated carbocycles. The van der Waals surface area contributed by atoms with E-state index >= 15 is 0 Å². The van der Waals surface area contributed by atoms with Crippen LogP contribution in [0.2, 0.25) is 0 Å². The average Bonchev–Trinajstić information content (AvgIpc) is 2.55. The topological polar surface area (TPSA) is 46.3 Å². The number of carbonyl (C=O) groups excluding carboxylic acids is 1. The van der Waals surface area contributed by atoms with Gasteiger partial charge in [0.05, 0.1) is 6.42 Å². The first-order valence-electron chi connectivity index (χ1n) is 8.20. The molecule has 2 aromatic carbocycles. The molecular weight excluding hydrogens is 272 g/mol. The largest absolute Gasteiger partial charge is 0.342 e. The number of nitrogens with zero attached hydrogens (tertiary/aromatic N) is 1. The van der Waals surface area contributed by atoms with E-state index in [1.165, 1.54) is 10.8 Å². The first-order valence-corrected chi connectivity index (χ1v) is 8.20. The fourth-order valence-corrected chi connectivity index (χ4v) is 2.71. The summed E-state index contributed by atoms with van der Waals surface area (Å²) in [5, 5.41) is 2.36. The zero-order valence-electron chi connectivity index (χ0n) is 13.4. The van der Waals surface area contributed by atoms with E-state index in [0.717, 1.165) is 37.9 Å². The van der Waals surface area contributed by atoms with E-state index in [0.29, 0.717) is 13.0 Å². The van der Waals surface area contributed by atoms with Crippen LogP contribution in [0.3, 0.4) is 0 Å². The quantitative estimate of drug-likeness (QED) is 0.812. The zero-order chi connectivity index (χ0) is 15.8. The van der Waals surface area contributed by atoms with Crippen LogP contribution in [0, 0.1) is 0 Å². The van der Waals surface area contributed by atoms with Crippen molar-refractivity contribution in [3.8, 4) is 0 Å². The summed E-state index contributed by atoms with van der Waals surface area (Å²) in [4.78, 5) is 14.6. The highest BCUT2D eigenvalue weighted by molar-refractivity contribution is 5.90. The zero-order valence-corrected chi connectivity index (χ0v) is 13.4. The number of rotatable bonds is 8. The summed E-state index contributed by atoms with van der Waals surface area (Å²) in [5.41, 5.74) is 6.70. The molecule has 22 heavy (non-hydrogen) atoms. The van der Waals surface area contributed by atoms with Crippen molar-refractivity contribution in [3.63, 3.8) is 0 Å². The molecule has 0 unspecified atom stereocenters. The molecule has 0 radical (unpaired) electrons. The molecule has 0 aliphatic rings. The predicted octanol–water partition coefficient (Wildman–Crippen LogP) is 3.36. The lowest BCUT2D eigenvalue weighted by molar-refractivity contribution is -0.130.